The van der Waals surface area contributed by atoms with Gasteiger partial charge in [0, 0.05) is 42.4 Å². The van der Waals surface area contributed by atoms with E-state index in [9.17, 15) is 20.2 Å². The Bertz CT molecular complexity index is 1170. The van der Waals surface area contributed by atoms with E-state index in [0.717, 1.165) is 41.8 Å². The Balaban J connectivity index is 2.53. The standard InChI is InChI=1S/C27H36N6O3S2/c1-6-27(18-37-9-4,19-38-10-5)26(34)29-25-16-21(32(7-2)8-3)11-14-24(25)31-30-23-13-12-22(33(35)36)15-20(23)17-28/h11-16H,6-10,18-19H2,1-5H3,(H,29,34). The summed E-state index contributed by atoms with van der Waals surface area (Å²) in [4.78, 5) is 26.5. The highest BCUT2D eigenvalue weighted by Gasteiger charge is 2.36. The minimum absolute atomic E-state index is 0.0477. The normalized spacial score (nSPS) is 11.4. The number of rotatable bonds is 15. The van der Waals surface area contributed by atoms with Crippen molar-refractivity contribution in [1.29, 1.82) is 5.26 Å². The Morgan fingerprint density at radius 3 is 2.16 bits per heavy atom. The number of benzene rings is 2. The van der Waals surface area contributed by atoms with Crippen LogP contribution in [0.25, 0.3) is 0 Å². The first-order valence-electron chi connectivity index (χ1n) is 12.7. The number of nitriles is 1. The van der Waals surface area contributed by atoms with E-state index in [1.54, 1.807) is 29.6 Å². The number of hydrogen-bond acceptors (Lipinski definition) is 9. The molecule has 11 heteroatoms. The highest BCUT2D eigenvalue weighted by atomic mass is 32.2. The second-order valence-electron chi connectivity index (χ2n) is 8.51. The molecule has 0 saturated heterocycles. The molecule has 9 nitrogen and oxygen atoms in total. The average Bonchev–Trinajstić information content (AvgIpc) is 2.93. The molecule has 1 amide bonds. The number of anilines is 2. The Morgan fingerprint density at radius 2 is 1.63 bits per heavy atom. The largest absolute Gasteiger partial charge is 0.372 e. The Morgan fingerprint density at radius 1 is 1.03 bits per heavy atom. The van der Waals surface area contributed by atoms with Crippen molar-refractivity contribution >= 4 is 57.9 Å². The number of nitro benzene ring substituents is 1. The summed E-state index contributed by atoms with van der Waals surface area (Å²) < 4.78 is 0. The van der Waals surface area contributed by atoms with E-state index in [4.69, 9.17) is 0 Å². The number of amides is 1. The van der Waals surface area contributed by atoms with Gasteiger partial charge in [-0.05, 0) is 56.0 Å². The van der Waals surface area contributed by atoms with Gasteiger partial charge in [0.15, 0.2) is 0 Å². The van der Waals surface area contributed by atoms with Crippen LogP contribution in [0.2, 0.25) is 0 Å². The molecule has 0 heterocycles. The van der Waals surface area contributed by atoms with E-state index >= 15 is 0 Å². The third kappa shape index (κ3) is 7.95. The minimum atomic E-state index is -0.561. The van der Waals surface area contributed by atoms with E-state index in [0.29, 0.717) is 17.8 Å². The second-order valence-corrected chi connectivity index (χ2v) is 11.1. The zero-order valence-electron chi connectivity index (χ0n) is 22.7. The van der Waals surface area contributed by atoms with Crippen LogP contribution < -0.4 is 10.2 Å². The summed E-state index contributed by atoms with van der Waals surface area (Å²) in [5, 5.41) is 32.3. The number of azo groups is 1. The summed E-state index contributed by atoms with van der Waals surface area (Å²) in [6.45, 7) is 12.0. The van der Waals surface area contributed by atoms with Crippen LogP contribution in [0.15, 0.2) is 46.6 Å². The molecule has 0 radical (unpaired) electrons. The summed E-state index contributed by atoms with van der Waals surface area (Å²) in [5.74, 6) is 3.25. The molecule has 2 aromatic carbocycles. The van der Waals surface area contributed by atoms with Gasteiger partial charge in [-0.3, -0.25) is 14.9 Å². The summed E-state index contributed by atoms with van der Waals surface area (Å²) in [6.07, 6.45) is 0.708. The molecule has 0 spiro atoms. The summed E-state index contributed by atoms with van der Waals surface area (Å²) in [7, 11) is 0. The van der Waals surface area contributed by atoms with Gasteiger partial charge in [0.25, 0.3) is 5.69 Å². The van der Waals surface area contributed by atoms with E-state index < -0.39 is 10.3 Å². The van der Waals surface area contributed by atoms with E-state index in [-0.39, 0.29) is 22.8 Å². The van der Waals surface area contributed by atoms with Gasteiger partial charge in [0.2, 0.25) is 5.91 Å². The molecule has 0 atom stereocenters. The molecule has 0 saturated carbocycles. The quantitative estimate of drug-likeness (QED) is 0.136. The van der Waals surface area contributed by atoms with E-state index in [1.807, 2.05) is 18.2 Å². The number of nitrogens with one attached hydrogen (secondary N) is 1. The van der Waals surface area contributed by atoms with Crippen LogP contribution in [0, 0.1) is 26.9 Å². The summed E-state index contributed by atoms with van der Waals surface area (Å²) in [6, 6.07) is 11.4. The lowest BCUT2D eigenvalue weighted by molar-refractivity contribution is -0.384. The highest BCUT2D eigenvalue weighted by Crippen LogP contribution is 2.37. The van der Waals surface area contributed by atoms with E-state index in [1.165, 1.54) is 18.2 Å². The molecular formula is C27H36N6O3S2. The number of nitro groups is 1. The third-order valence-corrected chi connectivity index (χ3v) is 8.59. The van der Waals surface area contributed by atoms with Crippen LogP contribution in [-0.4, -0.2) is 46.9 Å². The van der Waals surface area contributed by atoms with Gasteiger partial charge in [0.05, 0.1) is 21.6 Å². The summed E-state index contributed by atoms with van der Waals surface area (Å²) >= 11 is 3.52. The Labute approximate surface area is 233 Å². The molecule has 2 aromatic rings. The molecule has 1 N–H and O–H groups in total. The van der Waals surface area contributed by atoms with Crippen LogP contribution in [0.3, 0.4) is 0 Å². The first-order valence-corrected chi connectivity index (χ1v) is 15.1. The predicted octanol–water partition coefficient (Wildman–Crippen LogP) is 7.57. The molecule has 0 fully saturated rings. The number of nitrogens with zero attached hydrogens (tertiary/aromatic N) is 5. The minimum Gasteiger partial charge on any atom is -0.372 e. The van der Waals surface area contributed by atoms with Crippen LogP contribution in [-0.2, 0) is 4.79 Å². The number of carbonyl (C=O) groups is 1. The highest BCUT2D eigenvalue weighted by molar-refractivity contribution is 8.00. The fourth-order valence-electron chi connectivity index (χ4n) is 3.81. The Kier molecular flexibility index (Phi) is 12.6. The van der Waals surface area contributed by atoms with Gasteiger partial charge >= 0.3 is 0 Å². The first-order chi connectivity index (χ1) is 18.3. The van der Waals surface area contributed by atoms with Crippen LogP contribution in [0.4, 0.5) is 28.4 Å². The molecule has 2 rings (SSSR count). The van der Waals surface area contributed by atoms with Crippen molar-refractivity contribution in [1.82, 2.24) is 0 Å². The number of non-ortho nitro benzene ring substituents is 1. The zero-order valence-corrected chi connectivity index (χ0v) is 24.3. The van der Waals surface area contributed by atoms with Crippen molar-refractivity contribution in [2.75, 3.05) is 46.3 Å². The third-order valence-electron chi connectivity index (χ3n) is 6.26. The summed E-state index contributed by atoms with van der Waals surface area (Å²) in [5.41, 5.74) is 1.45. The van der Waals surface area contributed by atoms with Crippen LogP contribution in [0.5, 0.6) is 0 Å². The maximum Gasteiger partial charge on any atom is 0.270 e. The molecule has 0 aliphatic heterocycles. The van der Waals surface area contributed by atoms with Crippen LogP contribution in [0.1, 0.15) is 46.6 Å². The smallest absolute Gasteiger partial charge is 0.270 e. The fourth-order valence-corrected chi connectivity index (χ4v) is 6.00. The number of hydrogen-bond donors (Lipinski definition) is 1. The topological polar surface area (TPSA) is 124 Å². The van der Waals surface area contributed by atoms with Crippen molar-refractivity contribution < 1.29 is 9.72 Å². The lowest BCUT2D eigenvalue weighted by Crippen LogP contribution is -2.40. The molecule has 0 bridgehead atoms. The molecule has 0 aliphatic carbocycles. The van der Waals surface area contributed by atoms with Crippen molar-refractivity contribution in [3.63, 3.8) is 0 Å². The number of carbonyl (C=O) groups excluding carboxylic acids is 1. The lowest BCUT2D eigenvalue weighted by Gasteiger charge is -2.31. The first kappa shape index (κ1) is 31.1. The number of thioether (sulfide) groups is 2. The second kappa shape index (κ2) is 15.3. The Hall–Kier alpha value is -3.10. The van der Waals surface area contributed by atoms with Crippen molar-refractivity contribution in [2.24, 2.45) is 15.6 Å². The monoisotopic (exact) mass is 556 g/mol. The van der Waals surface area contributed by atoms with Crippen molar-refractivity contribution in [2.45, 2.75) is 41.0 Å². The van der Waals surface area contributed by atoms with Gasteiger partial charge in [-0.15, -0.1) is 10.2 Å². The lowest BCUT2D eigenvalue weighted by atomic mass is 9.88. The van der Waals surface area contributed by atoms with Crippen molar-refractivity contribution in [3.8, 4) is 6.07 Å². The van der Waals surface area contributed by atoms with Gasteiger partial charge in [-0.25, -0.2) is 0 Å². The molecule has 0 aromatic heterocycles. The molecular weight excluding hydrogens is 520 g/mol. The van der Waals surface area contributed by atoms with Crippen molar-refractivity contribution in [3.05, 3.63) is 52.1 Å². The molecule has 204 valence electrons. The zero-order chi connectivity index (χ0) is 28.1. The maximum absolute atomic E-state index is 13.8. The van der Waals surface area contributed by atoms with Gasteiger partial charge < -0.3 is 10.2 Å². The average molecular weight is 557 g/mol. The van der Waals surface area contributed by atoms with Gasteiger partial charge in [-0.1, -0.05) is 20.8 Å². The predicted molar refractivity (Wildman–Crippen MR) is 159 cm³/mol. The SMILES string of the molecule is CCSCC(CC)(CSCC)C(=O)Nc1cc(N(CC)CC)ccc1N=Nc1ccc([N+](=O)[O-])cc1C#N. The molecule has 0 aliphatic rings. The molecule has 38 heavy (non-hydrogen) atoms. The van der Waals surface area contributed by atoms with E-state index in [2.05, 4.69) is 55.1 Å². The van der Waals surface area contributed by atoms with Gasteiger partial charge in [-0.2, -0.15) is 28.8 Å². The molecule has 0 unspecified atom stereocenters. The maximum atomic E-state index is 13.8. The van der Waals surface area contributed by atoms with Gasteiger partial charge in [0.1, 0.15) is 17.4 Å². The van der Waals surface area contributed by atoms with Crippen LogP contribution >= 0.6 is 23.5 Å². The fraction of sp³-hybridized carbons (Fsp3) is 0.481.